The van der Waals surface area contributed by atoms with Crippen molar-refractivity contribution >= 4 is 23.0 Å². The zero-order chi connectivity index (χ0) is 15.0. The molecule has 112 valence electrons. The SMILES string of the molecule is CC(C)CNC(=O)CN(C)CCCC(=O)c1cccs1. The fourth-order valence-corrected chi connectivity index (χ4v) is 2.46. The van der Waals surface area contributed by atoms with Crippen LogP contribution < -0.4 is 5.32 Å². The quantitative estimate of drug-likeness (QED) is 0.712. The third-order valence-corrected chi connectivity index (χ3v) is 3.77. The molecule has 0 aliphatic rings. The van der Waals surface area contributed by atoms with E-state index in [-0.39, 0.29) is 11.7 Å². The molecular formula is C15H24N2O2S. The van der Waals surface area contributed by atoms with E-state index in [0.717, 1.165) is 17.8 Å². The van der Waals surface area contributed by atoms with Gasteiger partial charge in [0.1, 0.15) is 0 Å². The van der Waals surface area contributed by atoms with Gasteiger partial charge in [-0.1, -0.05) is 19.9 Å². The molecule has 4 nitrogen and oxygen atoms in total. The molecule has 0 saturated carbocycles. The number of hydrogen-bond acceptors (Lipinski definition) is 4. The summed E-state index contributed by atoms with van der Waals surface area (Å²) in [7, 11) is 1.91. The van der Waals surface area contributed by atoms with Gasteiger partial charge >= 0.3 is 0 Å². The summed E-state index contributed by atoms with van der Waals surface area (Å²) >= 11 is 1.48. The summed E-state index contributed by atoms with van der Waals surface area (Å²) in [5, 5.41) is 4.80. The van der Waals surface area contributed by atoms with Crippen molar-refractivity contribution in [2.24, 2.45) is 5.92 Å². The molecule has 0 fully saturated rings. The van der Waals surface area contributed by atoms with Crippen LogP contribution in [0.5, 0.6) is 0 Å². The molecule has 1 aromatic rings. The van der Waals surface area contributed by atoms with E-state index < -0.39 is 0 Å². The van der Waals surface area contributed by atoms with Gasteiger partial charge in [-0.05, 0) is 37.4 Å². The third-order valence-electron chi connectivity index (χ3n) is 2.86. The van der Waals surface area contributed by atoms with Gasteiger partial charge in [0.15, 0.2) is 5.78 Å². The Bertz CT molecular complexity index is 416. The Labute approximate surface area is 125 Å². The van der Waals surface area contributed by atoms with E-state index in [4.69, 9.17) is 0 Å². The molecule has 20 heavy (non-hydrogen) atoms. The Morgan fingerprint density at radius 1 is 1.40 bits per heavy atom. The number of carbonyl (C=O) groups excluding carboxylic acids is 2. The molecule has 5 heteroatoms. The Hall–Kier alpha value is -1.20. The van der Waals surface area contributed by atoms with Crippen LogP contribution in [0.3, 0.4) is 0 Å². The third kappa shape index (κ3) is 6.82. The summed E-state index contributed by atoms with van der Waals surface area (Å²) in [6.07, 6.45) is 1.32. The number of likely N-dealkylation sites (N-methyl/N-ethyl adjacent to an activating group) is 1. The van der Waals surface area contributed by atoms with E-state index in [1.165, 1.54) is 11.3 Å². The van der Waals surface area contributed by atoms with Crippen molar-refractivity contribution in [2.75, 3.05) is 26.7 Å². The van der Waals surface area contributed by atoms with Gasteiger partial charge in [0.2, 0.25) is 5.91 Å². The maximum Gasteiger partial charge on any atom is 0.234 e. The highest BCUT2D eigenvalue weighted by atomic mass is 32.1. The number of Topliss-reactive ketones (excluding diaryl/α,β-unsaturated/α-hetero) is 1. The zero-order valence-corrected chi connectivity index (χ0v) is 13.3. The Kier molecular flexibility index (Phi) is 7.47. The molecule has 0 spiro atoms. The fourth-order valence-electron chi connectivity index (χ4n) is 1.77. The molecule has 0 aliphatic carbocycles. The van der Waals surface area contributed by atoms with Crippen LogP contribution in [0.25, 0.3) is 0 Å². The van der Waals surface area contributed by atoms with E-state index in [9.17, 15) is 9.59 Å². The molecule has 0 unspecified atom stereocenters. The van der Waals surface area contributed by atoms with Crippen LogP contribution >= 0.6 is 11.3 Å². The number of thiophene rings is 1. The normalized spacial score (nSPS) is 11.1. The molecular weight excluding hydrogens is 272 g/mol. The van der Waals surface area contributed by atoms with Crippen molar-refractivity contribution in [2.45, 2.75) is 26.7 Å². The van der Waals surface area contributed by atoms with Gasteiger partial charge in [0.05, 0.1) is 11.4 Å². The number of amides is 1. The molecule has 0 atom stereocenters. The predicted molar refractivity (Wildman–Crippen MR) is 83.2 cm³/mol. The first-order chi connectivity index (χ1) is 9.49. The Morgan fingerprint density at radius 2 is 2.15 bits per heavy atom. The molecule has 0 radical (unpaired) electrons. The van der Waals surface area contributed by atoms with Crippen LogP contribution in [-0.4, -0.2) is 43.3 Å². The van der Waals surface area contributed by atoms with Crippen LogP contribution in [0.1, 0.15) is 36.4 Å². The van der Waals surface area contributed by atoms with Gasteiger partial charge in [-0.15, -0.1) is 11.3 Å². The van der Waals surface area contributed by atoms with Crippen molar-refractivity contribution in [1.29, 1.82) is 0 Å². The van der Waals surface area contributed by atoms with Crippen molar-refractivity contribution in [1.82, 2.24) is 10.2 Å². The summed E-state index contributed by atoms with van der Waals surface area (Å²) in [5.74, 6) is 0.705. The minimum Gasteiger partial charge on any atom is -0.355 e. The lowest BCUT2D eigenvalue weighted by atomic mass is 10.2. The van der Waals surface area contributed by atoms with Crippen LogP contribution in [0.15, 0.2) is 17.5 Å². The number of rotatable bonds is 9. The molecule has 1 amide bonds. The predicted octanol–water partition coefficient (Wildman–Crippen LogP) is 2.42. The van der Waals surface area contributed by atoms with Crippen molar-refractivity contribution < 1.29 is 9.59 Å². The lowest BCUT2D eigenvalue weighted by Gasteiger charge is -2.16. The van der Waals surface area contributed by atoms with Crippen molar-refractivity contribution in [3.05, 3.63) is 22.4 Å². The second-order valence-electron chi connectivity index (χ2n) is 5.44. The van der Waals surface area contributed by atoms with Gasteiger partial charge in [-0.2, -0.15) is 0 Å². The van der Waals surface area contributed by atoms with E-state index in [1.54, 1.807) is 0 Å². The Morgan fingerprint density at radius 3 is 2.75 bits per heavy atom. The lowest BCUT2D eigenvalue weighted by molar-refractivity contribution is -0.122. The van der Waals surface area contributed by atoms with Gasteiger partial charge < -0.3 is 5.32 Å². The van der Waals surface area contributed by atoms with Gasteiger partial charge in [0, 0.05) is 13.0 Å². The fraction of sp³-hybridized carbons (Fsp3) is 0.600. The van der Waals surface area contributed by atoms with E-state index in [1.807, 2.05) is 29.5 Å². The first-order valence-corrected chi connectivity index (χ1v) is 7.89. The molecule has 0 saturated heterocycles. The first-order valence-electron chi connectivity index (χ1n) is 7.01. The molecule has 1 heterocycles. The maximum atomic E-state index is 11.8. The van der Waals surface area contributed by atoms with Crippen LogP contribution in [0, 0.1) is 5.92 Å². The minimum absolute atomic E-state index is 0.0470. The lowest BCUT2D eigenvalue weighted by Crippen LogP contribution is -2.37. The topological polar surface area (TPSA) is 49.4 Å². The average Bonchev–Trinajstić information content (AvgIpc) is 2.90. The number of nitrogens with one attached hydrogen (secondary N) is 1. The van der Waals surface area contributed by atoms with Crippen LogP contribution in [0.2, 0.25) is 0 Å². The maximum absolute atomic E-state index is 11.8. The molecule has 0 aliphatic heterocycles. The number of ketones is 1. The molecule has 1 rings (SSSR count). The molecule has 0 aromatic carbocycles. The smallest absolute Gasteiger partial charge is 0.234 e. The average molecular weight is 296 g/mol. The van der Waals surface area contributed by atoms with E-state index in [2.05, 4.69) is 19.2 Å². The summed E-state index contributed by atoms with van der Waals surface area (Å²) in [6, 6.07) is 3.75. The van der Waals surface area contributed by atoms with Crippen molar-refractivity contribution in [3.8, 4) is 0 Å². The molecule has 0 bridgehead atoms. The number of hydrogen-bond donors (Lipinski definition) is 1. The summed E-state index contributed by atoms with van der Waals surface area (Å²) in [4.78, 5) is 26.2. The van der Waals surface area contributed by atoms with Crippen LogP contribution in [-0.2, 0) is 4.79 Å². The highest BCUT2D eigenvalue weighted by Crippen LogP contribution is 2.12. The second kappa shape index (κ2) is 8.87. The number of carbonyl (C=O) groups is 2. The van der Waals surface area contributed by atoms with Gasteiger partial charge in [0.25, 0.3) is 0 Å². The zero-order valence-electron chi connectivity index (χ0n) is 12.5. The minimum atomic E-state index is 0.0470. The highest BCUT2D eigenvalue weighted by molar-refractivity contribution is 7.12. The van der Waals surface area contributed by atoms with Crippen molar-refractivity contribution in [3.63, 3.8) is 0 Å². The van der Waals surface area contributed by atoms with E-state index >= 15 is 0 Å². The highest BCUT2D eigenvalue weighted by Gasteiger charge is 2.09. The Balaban J connectivity index is 2.15. The van der Waals surface area contributed by atoms with Gasteiger partial charge in [-0.25, -0.2) is 0 Å². The second-order valence-corrected chi connectivity index (χ2v) is 6.39. The molecule has 1 N–H and O–H groups in total. The standard InChI is InChI=1S/C15H24N2O2S/c1-12(2)10-16-15(19)11-17(3)8-4-6-13(18)14-7-5-9-20-14/h5,7,9,12H,4,6,8,10-11H2,1-3H3,(H,16,19). The summed E-state index contributed by atoms with van der Waals surface area (Å²) in [6.45, 7) is 6.00. The monoisotopic (exact) mass is 296 g/mol. The number of nitrogens with zero attached hydrogens (tertiary/aromatic N) is 1. The largest absolute Gasteiger partial charge is 0.355 e. The van der Waals surface area contributed by atoms with Gasteiger partial charge in [-0.3, -0.25) is 14.5 Å². The first kappa shape index (κ1) is 16.9. The van der Waals surface area contributed by atoms with Crippen LogP contribution in [0.4, 0.5) is 0 Å². The molecule has 1 aromatic heterocycles. The summed E-state index contributed by atoms with van der Waals surface area (Å²) < 4.78 is 0. The van der Waals surface area contributed by atoms with E-state index in [0.29, 0.717) is 25.4 Å². The summed E-state index contributed by atoms with van der Waals surface area (Å²) in [5.41, 5.74) is 0.